The van der Waals surface area contributed by atoms with E-state index in [1.165, 1.54) is 0 Å². The van der Waals surface area contributed by atoms with Gasteiger partial charge in [-0.25, -0.2) is 0 Å². The number of ether oxygens (including phenoxy) is 1. The Morgan fingerprint density at radius 3 is 2.50 bits per heavy atom. The third-order valence-electron chi connectivity index (χ3n) is 2.93. The second-order valence-corrected chi connectivity index (χ2v) is 4.49. The zero-order valence-electron chi connectivity index (χ0n) is 10.9. The van der Waals surface area contributed by atoms with Crippen molar-refractivity contribution < 1.29 is 4.74 Å². The van der Waals surface area contributed by atoms with Gasteiger partial charge in [0.05, 0.1) is 13.7 Å². The van der Waals surface area contributed by atoms with Crippen molar-refractivity contribution in [2.24, 2.45) is 0 Å². The number of methoxy groups -OCH3 is 1. The van der Waals surface area contributed by atoms with E-state index in [4.69, 9.17) is 4.74 Å². The van der Waals surface area contributed by atoms with Crippen molar-refractivity contribution in [2.75, 3.05) is 7.11 Å². The average Bonchev–Trinajstić information content (AvgIpc) is 2.33. The van der Waals surface area contributed by atoms with Gasteiger partial charge in [0.2, 0.25) is 0 Å². The second kappa shape index (κ2) is 5.08. The van der Waals surface area contributed by atoms with Crippen LogP contribution in [-0.2, 0) is 6.54 Å². The molecule has 1 aromatic heterocycles. The van der Waals surface area contributed by atoms with E-state index in [0.29, 0.717) is 6.54 Å². The van der Waals surface area contributed by atoms with Crippen molar-refractivity contribution in [3.05, 3.63) is 63.6 Å². The number of aromatic nitrogens is 1. The van der Waals surface area contributed by atoms with Gasteiger partial charge in [0.15, 0.2) is 0 Å². The molecule has 2 rings (SSSR count). The molecule has 0 aliphatic rings. The number of aryl methyl sites for hydroxylation is 2. The Bertz CT molecular complexity index is 614. The highest BCUT2D eigenvalue weighted by Gasteiger charge is 2.05. The van der Waals surface area contributed by atoms with Crippen LogP contribution in [0.15, 0.2) is 41.3 Å². The van der Waals surface area contributed by atoms with E-state index >= 15 is 0 Å². The molecule has 0 bridgehead atoms. The van der Waals surface area contributed by atoms with Gasteiger partial charge in [-0.1, -0.05) is 17.7 Å². The van der Waals surface area contributed by atoms with Gasteiger partial charge in [-0.3, -0.25) is 4.79 Å². The van der Waals surface area contributed by atoms with Gasteiger partial charge in [0.25, 0.3) is 5.56 Å². The molecule has 0 aliphatic heterocycles. The first-order chi connectivity index (χ1) is 8.60. The third-order valence-corrected chi connectivity index (χ3v) is 2.93. The van der Waals surface area contributed by atoms with Crippen LogP contribution in [0.3, 0.4) is 0 Å². The zero-order chi connectivity index (χ0) is 13.1. The summed E-state index contributed by atoms with van der Waals surface area (Å²) in [5.41, 5.74) is 3.17. The molecule has 18 heavy (non-hydrogen) atoms. The maximum Gasteiger partial charge on any atom is 0.251 e. The molecule has 94 valence electrons. The normalized spacial score (nSPS) is 10.4. The highest BCUT2D eigenvalue weighted by atomic mass is 16.5. The van der Waals surface area contributed by atoms with E-state index in [1.807, 2.05) is 44.3 Å². The average molecular weight is 243 g/mol. The fourth-order valence-corrected chi connectivity index (χ4v) is 1.95. The van der Waals surface area contributed by atoms with Crippen molar-refractivity contribution in [2.45, 2.75) is 20.4 Å². The van der Waals surface area contributed by atoms with Crippen molar-refractivity contribution in [3.63, 3.8) is 0 Å². The summed E-state index contributed by atoms with van der Waals surface area (Å²) in [7, 11) is 1.64. The maximum absolute atomic E-state index is 11.9. The monoisotopic (exact) mass is 243 g/mol. The topological polar surface area (TPSA) is 31.2 Å². The number of rotatable bonds is 3. The molecule has 0 N–H and O–H groups in total. The molecule has 0 saturated heterocycles. The lowest BCUT2D eigenvalue weighted by Gasteiger charge is -2.11. The van der Waals surface area contributed by atoms with Crippen LogP contribution in [0.4, 0.5) is 0 Å². The summed E-state index contributed by atoms with van der Waals surface area (Å²) < 4.78 is 7.01. The minimum atomic E-state index is 0.0126. The largest absolute Gasteiger partial charge is 0.496 e. The Morgan fingerprint density at radius 1 is 1.11 bits per heavy atom. The van der Waals surface area contributed by atoms with Crippen molar-refractivity contribution in [1.29, 1.82) is 0 Å². The smallest absolute Gasteiger partial charge is 0.251 e. The third kappa shape index (κ3) is 2.62. The van der Waals surface area contributed by atoms with Crippen LogP contribution in [0.25, 0.3) is 0 Å². The predicted octanol–water partition coefficient (Wildman–Crippen LogP) is 2.52. The molecule has 1 heterocycles. The SMILES string of the molecule is COc1ccc(C)cc1Cn1ccc(C)cc1=O. The standard InChI is InChI=1S/C15H17NO2/c1-11-4-5-14(18-3)13(8-11)10-16-7-6-12(2)9-15(16)17/h4-9H,10H2,1-3H3. The Hall–Kier alpha value is -2.03. The van der Waals surface area contributed by atoms with E-state index in [1.54, 1.807) is 17.7 Å². The van der Waals surface area contributed by atoms with Crippen molar-refractivity contribution in [3.8, 4) is 5.75 Å². The number of benzene rings is 1. The van der Waals surface area contributed by atoms with Crippen LogP contribution in [-0.4, -0.2) is 11.7 Å². The highest BCUT2D eigenvalue weighted by molar-refractivity contribution is 5.37. The Morgan fingerprint density at radius 2 is 1.83 bits per heavy atom. The highest BCUT2D eigenvalue weighted by Crippen LogP contribution is 2.20. The second-order valence-electron chi connectivity index (χ2n) is 4.49. The molecule has 3 heteroatoms. The molecule has 3 nitrogen and oxygen atoms in total. The molecule has 2 aromatic rings. The minimum absolute atomic E-state index is 0.0126. The fourth-order valence-electron chi connectivity index (χ4n) is 1.95. The number of hydrogen-bond acceptors (Lipinski definition) is 2. The molecule has 0 fully saturated rings. The van der Waals surface area contributed by atoms with Gasteiger partial charge in [-0.2, -0.15) is 0 Å². The molecule has 0 amide bonds. The summed E-state index contributed by atoms with van der Waals surface area (Å²) >= 11 is 0. The van der Waals surface area contributed by atoms with Crippen molar-refractivity contribution >= 4 is 0 Å². The van der Waals surface area contributed by atoms with Gasteiger partial charge >= 0.3 is 0 Å². The van der Waals surface area contributed by atoms with Crippen LogP contribution in [0.2, 0.25) is 0 Å². The summed E-state index contributed by atoms with van der Waals surface area (Å²) in [6, 6.07) is 9.56. The molecule has 0 spiro atoms. The summed E-state index contributed by atoms with van der Waals surface area (Å²) in [4.78, 5) is 11.9. The number of pyridine rings is 1. The van der Waals surface area contributed by atoms with Gasteiger partial charge in [0, 0.05) is 17.8 Å². The first kappa shape index (κ1) is 12.4. The molecule has 1 aromatic carbocycles. The van der Waals surface area contributed by atoms with E-state index in [-0.39, 0.29) is 5.56 Å². The van der Waals surface area contributed by atoms with E-state index in [9.17, 15) is 4.79 Å². The zero-order valence-corrected chi connectivity index (χ0v) is 10.9. The Balaban J connectivity index is 2.39. The first-order valence-electron chi connectivity index (χ1n) is 5.91. The Labute approximate surface area is 107 Å². The molecular weight excluding hydrogens is 226 g/mol. The van der Waals surface area contributed by atoms with Crippen LogP contribution in [0.1, 0.15) is 16.7 Å². The van der Waals surface area contributed by atoms with E-state index in [2.05, 4.69) is 0 Å². The number of hydrogen-bond donors (Lipinski definition) is 0. The molecule has 0 atom stereocenters. The van der Waals surface area contributed by atoms with Crippen molar-refractivity contribution in [1.82, 2.24) is 4.57 Å². The molecular formula is C15H17NO2. The number of nitrogens with zero attached hydrogens (tertiary/aromatic N) is 1. The van der Waals surface area contributed by atoms with Gasteiger partial charge < -0.3 is 9.30 Å². The molecule has 0 saturated carbocycles. The van der Waals surface area contributed by atoms with E-state index in [0.717, 1.165) is 22.4 Å². The lowest BCUT2D eigenvalue weighted by molar-refractivity contribution is 0.408. The summed E-state index contributed by atoms with van der Waals surface area (Å²) in [6.45, 7) is 4.48. The lowest BCUT2D eigenvalue weighted by atomic mass is 10.1. The molecule has 0 radical (unpaired) electrons. The summed E-state index contributed by atoms with van der Waals surface area (Å²) in [5, 5.41) is 0. The Kier molecular flexibility index (Phi) is 3.51. The first-order valence-corrected chi connectivity index (χ1v) is 5.91. The maximum atomic E-state index is 11.9. The van der Waals surface area contributed by atoms with Crippen LogP contribution in [0, 0.1) is 13.8 Å². The fraction of sp³-hybridized carbons (Fsp3) is 0.267. The van der Waals surface area contributed by atoms with Crippen LogP contribution >= 0.6 is 0 Å². The molecule has 0 aliphatic carbocycles. The van der Waals surface area contributed by atoms with Gasteiger partial charge in [-0.05, 0) is 31.5 Å². The summed E-state index contributed by atoms with van der Waals surface area (Å²) in [5.74, 6) is 0.813. The van der Waals surface area contributed by atoms with Gasteiger partial charge in [-0.15, -0.1) is 0 Å². The lowest BCUT2D eigenvalue weighted by Crippen LogP contribution is -2.19. The predicted molar refractivity (Wildman–Crippen MR) is 72.3 cm³/mol. The quantitative estimate of drug-likeness (QED) is 0.829. The minimum Gasteiger partial charge on any atom is -0.496 e. The van der Waals surface area contributed by atoms with Crippen LogP contribution in [0.5, 0.6) is 5.75 Å². The van der Waals surface area contributed by atoms with Crippen LogP contribution < -0.4 is 10.3 Å². The molecule has 0 unspecified atom stereocenters. The van der Waals surface area contributed by atoms with E-state index < -0.39 is 0 Å². The van der Waals surface area contributed by atoms with Gasteiger partial charge in [0.1, 0.15) is 5.75 Å². The summed E-state index contributed by atoms with van der Waals surface area (Å²) in [6.07, 6.45) is 1.82.